The van der Waals surface area contributed by atoms with E-state index in [1.54, 1.807) is 7.11 Å². The Balaban J connectivity index is 0.995. The van der Waals surface area contributed by atoms with E-state index in [0.717, 1.165) is 67.8 Å². The van der Waals surface area contributed by atoms with E-state index in [9.17, 15) is 14.6 Å². The summed E-state index contributed by atoms with van der Waals surface area (Å²) < 4.78 is 39.0. The van der Waals surface area contributed by atoms with Crippen molar-refractivity contribution in [2.24, 2.45) is 22.7 Å². The first kappa shape index (κ1) is 36.0. The van der Waals surface area contributed by atoms with Gasteiger partial charge in [-0.3, -0.25) is 14.3 Å². The highest BCUT2D eigenvalue weighted by Crippen LogP contribution is 2.78. The van der Waals surface area contributed by atoms with Gasteiger partial charge in [0.2, 0.25) is 0 Å². The Kier molecular flexibility index (Phi) is 8.41. The van der Waals surface area contributed by atoms with Gasteiger partial charge >= 0.3 is 7.82 Å². The number of benzene rings is 3. The zero-order valence-electron chi connectivity index (χ0n) is 32.0. The Morgan fingerprint density at radius 3 is 2.40 bits per heavy atom. The molecule has 8 unspecified atom stereocenters. The van der Waals surface area contributed by atoms with Crippen LogP contribution in [0.1, 0.15) is 89.3 Å². The Morgan fingerprint density at radius 1 is 0.962 bits per heavy atom. The van der Waals surface area contributed by atoms with E-state index < -0.39 is 19.0 Å². The maximum atomic E-state index is 13.6. The Morgan fingerprint density at radius 2 is 1.70 bits per heavy atom. The SMILES string of the molecule is COC12CCC3(CC1C(C)(O)C(C)(C)C)C1Cc4ccc(OP(=O)(O)OCCCc5ccc(-c6ccccc6)cc5)c5c4C3(CCN1CC1CC1)C2O5. The molecule has 0 amide bonds. The minimum absolute atomic E-state index is 0.0832. The molecular weight excluding hydrogens is 685 g/mol. The average molecular weight is 742 g/mol. The third kappa shape index (κ3) is 5.37. The summed E-state index contributed by atoms with van der Waals surface area (Å²) in [5.74, 6) is 1.45. The molecule has 2 N–H and O–H groups in total. The van der Waals surface area contributed by atoms with E-state index in [1.165, 1.54) is 24.0 Å². The van der Waals surface area contributed by atoms with Crippen molar-refractivity contribution in [3.63, 3.8) is 0 Å². The third-order valence-electron chi connectivity index (χ3n) is 15.0. The number of methoxy groups -OCH3 is 1. The summed E-state index contributed by atoms with van der Waals surface area (Å²) in [5.41, 5.74) is 3.26. The highest BCUT2D eigenvalue weighted by atomic mass is 31.2. The van der Waals surface area contributed by atoms with Crippen molar-refractivity contribution < 1.29 is 33.1 Å². The van der Waals surface area contributed by atoms with Crippen LogP contribution in [0.25, 0.3) is 11.1 Å². The van der Waals surface area contributed by atoms with Crippen molar-refractivity contribution in [1.29, 1.82) is 0 Å². The number of aryl methyl sites for hydroxylation is 1. The second-order valence-electron chi connectivity index (χ2n) is 18.3. The molecule has 7 aliphatic rings. The molecule has 2 aliphatic heterocycles. The van der Waals surface area contributed by atoms with Crippen LogP contribution in [0.5, 0.6) is 11.5 Å². The first-order valence-electron chi connectivity index (χ1n) is 19.9. The number of nitrogens with zero attached hydrogens (tertiary/aromatic N) is 1. The van der Waals surface area contributed by atoms with Gasteiger partial charge in [-0.05, 0) is 111 Å². The van der Waals surface area contributed by atoms with Gasteiger partial charge in [-0.1, -0.05) is 81.4 Å². The van der Waals surface area contributed by atoms with Crippen LogP contribution in [0.4, 0.5) is 0 Å². The summed E-state index contributed by atoms with van der Waals surface area (Å²) in [4.78, 5) is 13.9. The molecule has 5 aliphatic carbocycles. The number of hydrogen-bond acceptors (Lipinski definition) is 7. The van der Waals surface area contributed by atoms with Gasteiger partial charge < -0.3 is 19.1 Å². The van der Waals surface area contributed by atoms with Crippen LogP contribution in [-0.4, -0.2) is 65.1 Å². The lowest BCUT2D eigenvalue weighted by Crippen LogP contribution is -2.83. The largest absolute Gasteiger partial charge is 0.527 e. The molecule has 3 aromatic carbocycles. The summed E-state index contributed by atoms with van der Waals surface area (Å²) in [6.45, 7) is 10.6. The second kappa shape index (κ2) is 12.4. The molecule has 8 atom stereocenters. The lowest BCUT2D eigenvalue weighted by Gasteiger charge is -2.75. The predicted molar refractivity (Wildman–Crippen MR) is 205 cm³/mol. The predicted octanol–water partition coefficient (Wildman–Crippen LogP) is 8.50. The Hall–Kier alpha value is -2.71. The standard InChI is InChI=1S/C44H56NO7P/c1-40(2,3)41(4,46)35-27-42-21-22-44(35,49-5)39-43(42)23-24-45(28-30-13-14-30)36(42)26-33-19-20-34(38(51-39)37(33)43)52-53(47,48)50-25-9-10-29-15-17-32(18-16-29)31-11-7-6-8-12-31/h6-8,11-12,15-20,30,35-36,39,46H,9-10,13-14,21-28H2,1-5H3,(H,47,48). The van der Waals surface area contributed by atoms with Gasteiger partial charge in [0, 0.05) is 42.0 Å². The topological polar surface area (TPSA) is 97.7 Å². The van der Waals surface area contributed by atoms with Crippen LogP contribution in [0.15, 0.2) is 66.7 Å². The highest BCUT2D eigenvalue weighted by molar-refractivity contribution is 7.47. The van der Waals surface area contributed by atoms with Crippen molar-refractivity contribution in [3.8, 4) is 22.6 Å². The molecule has 2 heterocycles. The maximum absolute atomic E-state index is 13.6. The van der Waals surface area contributed by atoms with Gasteiger partial charge in [-0.2, -0.15) is 0 Å². The number of rotatable bonds is 12. The lowest BCUT2D eigenvalue weighted by molar-refractivity contribution is -0.312. The Labute approximate surface area is 314 Å². The van der Waals surface area contributed by atoms with Gasteiger partial charge in [0.25, 0.3) is 0 Å². The molecule has 0 radical (unpaired) electrons. The van der Waals surface area contributed by atoms with E-state index in [4.69, 9.17) is 18.5 Å². The summed E-state index contributed by atoms with van der Waals surface area (Å²) >= 11 is 0. The molecule has 4 bridgehead atoms. The van der Waals surface area contributed by atoms with Crippen LogP contribution < -0.4 is 9.26 Å². The van der Waals surface area contributed by atoms with Crippen LogP contribution in [0.3, 0.4) is 0 Å². The van der Waals surface area contributed by atoms with Crippen molar-refractivity contribution in [2.45, 2.75) is 114 Å². The number of aliphatic hydroxyl groups is 1. The first-order valence-corrected chi connectivity index (χ1v) is 21.4. The zero-order chi connectivity index (χ0) is 37.0. The number of phosphoric ester groups is 1. The van der Waals surface area contributed by atoms with Crippen LogP contribution in [0.2, 0.25) is 0 Å². The number of likely N-dealkylation sites (tertiary alicyclic amines) is 1. The number of ether oxygens (including phenoxy) is 2. The van der Waals surface area contributed by atoms with Gasteiger partial charge in [0.15, 0.2) is 11.5 Å². The summed E-state index contributed by atoms with van der Waals surface area (Å²) in [5, 5.41) is 12.5. The normalized spacial score (nSPS) is 33.5. The molecule has 4 saturated carbocycles. The van der Waals surface area contributed by atoms with Crippen molar-refractivity contribution >= 4 is 7.82 Å². The number of fused-ring (bicyclic) bond motifs is 2. The minimum Gasteiger partial charge on any atom is -0.482 e. The van der Waals surface area contributed by atoms with Crippen LogP contribution in [0, 0.1) is 22.7 Å². The molecule has 8 nitrogen and oxygen atoms in total. The molecule has 9 heteroatoms. The summed E-state index contributed by atoms with van der Waals surface area (Å²) in [6, 6.07) is 22.9. The maximum Gasteiger partial charge on any atom is 0.527 e. The molecule has 284 valence electrons. The highest BCUT2D eigenvalue weighted by Gasteiger charge is 2.82. The molecule has 0 aromatic heterocycles. The van der Waals surface area contributed by atoms with Gasteiger partial charge in [0.1, 0.15) is 11.7 Å². The van der Waals surface area contributed by atoms with Crippen molar-refractivity contribution in [1.82, 2.24) is 4.90 Å². The smallest absolute Gasteiger partial charge is 0.482 e. The quantitative estimate of drug-likeness (QED) is 0.141. The van der Waals surface area contributed by atoms with Gasteiger partial charge in [-0.25, -0.2) is 4.57 Å². The Bertz CT molecular complexity index is 1920. The number of phosphoric acid groups is 1. The molecule has 10 rings (SSSR count). The monoisotopic (exact) mass is 741 g/mol. The van der Waals surface area contributed by atoms with Crippen molar-refractivity contribution in [3.05, 3.63) is 83.4 Å². The molecular formula is C44H56NO7P. The fourth-order valence-electron chi connectivity index (χ4n) is 11.7. The molecule has 3 aromatic rings. The zero-order valence-corrected chi connectivity index (χ0v) is 32.9. The van der Waals surface area contributed by atoms with E-state index in [0.29, 0.717) is 24.6 Å². The second-order valence-corrected chi connectivity index (χ2v) is 19.7. The fourth-order valence-corrected chi connectivity index (χ4v) is 12.5. The molecule has 2 spiro atoms. The van der Waals surface area contributed by atoms with E-state index in [1.807, 2.05) is 31.2 Å². The van der Waals surface area contributed by atoms with Crippen LogP contribution >= 0.6 is 7.82 Å². The van der Waals surface area contributed by atoms with E-state index in [-0.39, 0.29) is 40.6 Å². The minimum atomic E-state index is -4.48. The molecule has 53 heavy (non-hydrogen) atoms. The fraction of sp³-hybridized carbons (Fsp3) is 0.591. The van der Waals surface area contributed by atoms with Gasteiger partial charge in [0.05, 0.1) is 12.2 Å². The summed E-state index contributed by atoms with van der Waals surface area (Å²) in [6.07, 6.45) is 8.06. The van der Waals surface area contributed by atoms with Gasteiger partial charge in [-0.15, -0.1) is 0 Å². The first-order chi connectivity index (χ1) is 25.2. The number of piperidine rings is 1. The third-order valence-corrected chi connectivity index (χ3v) is 15.9. The lowest BCUT2D eigenvalue weighted by atomic mass is 9.33. The van der Waals surface area contributed by atoms with E-state index in [2.05, 4.69) is 68.1 Å². The number of hydrogen-bond donors (Lipinski definition) is 2. The van der Waals surface area contributed by atoms with Crippen LogP contribution in [-0.2, 0) is 32.1 Å². The molecule has 5 fully saturated rings. The van der Waals surface area contributed by atoms with E-state index >= 15 is 0 Å². The van der Waals surface area contributed by atoms with Crippen molar-refractivity contribution in [2.75, 3.05) is 26.8 Å². The average Bonchev–Trinajstić information content (AvgIpc) is 3.88. The summed E-state index contributed by atoms with van der Waals surface area (Å²) in [7, 11) is -2.68. The molecule has 1 saturated heterocycles.